The van der Waals surface area contributed by atoms with Crippen molar-refractivity contribution in [3.05, 3.63) is 11.4 Å². The molecular weight excluding hydrogens is 164 g/mol. The summed E-state index contributed by atoms with van der Waals surface area (Å²) in [6.07, 6.45) is 0. The molecule has 0 aliphatic rings. The molecule has 0 amide bonds. The van der Waals surface area contributed by atoms with Crippen LogP contribution in [0.4, 0.5) is 0 Å². The first-order valence-corrected chi connectivity index (χ1v) is 4.06. The summed E-state index contributed by atoms with van der Waals surface area (Å²) < 4.78 is 0. The van der Waals surface area contributed by atoms with Crippen LogP contribution in [0.3, 0.4) is 0 Å². The Labute approximate surface area is 79.9 Å². The van der Waals surface area contributed by atoms with Gasteiger partial charge in [-0.15, -0.1) is 0 Å². The minimum Gasteiger partial charge on any atom is -0.399 e. The summed E-state index contributed by atoms with van der Waals surface area (Å²) in [5, 5.41) is 0. The number of aliphatic imine (C=N–C) groups is 2. The fourth-order valence-corrected chi connectivity index (χ4v) is 0.970. The fraction of sp³-hybridized carbons (Fsp3) is 0.556. The second-order valence-corrected chi connectivity index (χ2v) is 3.08. The van der Waals surface area contributed by atoms with E-state index in [1.165, 1.54) is 0 Å². The lowest BCUT2D eigenvalue weighted by atomic mass is 10.2. The molecule has 0 heterocycles. The van der Waals surface area contributed by atoms with Crippen molar-refractivity contribution in [1.82, 2.24) is 4.90 Å². The molecule has 0 rings (SSSR count). The second kappa shape index (κ2) is 5.48. The highest BCUT2D eigenvalue weighted by molar-refractivity contribution is 5.98. The predicted octanol–water partition coefficient (Wildman–Crippen LogP) is 0.510. The third kappa shape index (κ3) is 3.85. The Kier molecular flexibility index (Phi) is 4.99. The molecule has 2 N–H and O–H groups in total. The molecule has 0 saturated carbocycles. The molecule has 0 aromatic carbocycles. The zero-order valence-corrected chi connectivity index (χ0v) is 8.83. The van der Waals surface area contributed by atoms with E-state index in [1.807, 2.05) is 25.9 Å². The molecule has 4 heteroatoms. The van der Waals surface area contributed by atoms with Crippen molar-refractivity contribution in [2.24, 2.45) is 15.7 Å². The third-order valence-electron chi connectivity index (χ3n) is 1.63. The Morgan fingerprint density at radius 1 is 1.46 bits per heavy atom. The van der Waals surface area contributed by atoms with Gasteiger partial charge in [-0.3, -0.25) is 9.98 Å². The van der Waals surface area contributed by atoms with E-state index in [4.69, 9.17) is 5.73 Å². The van der Waals surface area contributed by atoms with Gasteiger partial charge in [-0.2, -0.15) is 0 Å². The first-order valence-electron chi connectivity index (χ1n) is 4.06. The Morgan fingerprint density at radius 3 is 2.31 bits per heavy atom. The van der Waals surface area contributed by atoms with Crippen LogP contribution in [-0.2, 0) is 0 Å². The molecule has 4 nitrogen and oxygen atoms in total. The molecule has 0 spiro atoms. The van der Waals surface area contributed by atoms with Gasteiger partial charge >= 0.3 is 0 Å². The lowest BCUT2D eigenvalue weighted by Crippen LogP contribution is -2.22. The monoisotopic (exact) mass is 182 g/mol. The molecule has 0 aromatic rings. The van der Waals surface area contributed by atoms with Gasteiger partial charge in [-0.05, 0) is 27.7 Å². The fourth-order valence-electron chi connectivity index (χ4n) is 0.970. The minimum atomic E-state index is 0.668. The molecule has 0 bridgehead atoms. The Balaban J connectivity index is 4.79. The van der Waals surface area contributed by atoms with Crippen molar-refractivity contribution in [1.29, 1.82) is 0 Å². The van der Waals surface area contributed by atoms with E-state index in [0.29, 0.717) is 17.9 Å². The van der Waals surface area contributed by atoms with Gasteiger partial charge in [-0.25, -0.2) is 0 Å². The van der Waals surface area contributed by atoms with Gasteiger partial charge in [0, 0.05) is 13.6 Å². The summed E-state index contributed by atoms with van der Waals surface area (Å²) in [5.41, 5.74) is 8.03. The van der Waals surface area contributed by atoms with Gasteiger partial charge in [0.05, 0.1) is 11.4 Å². The molecular formula is C9H18N4. The number of nitrogens with two attached hydrogens (primary N) is 1. The number of hydrogen-bond acceptors (Lipinski definition) is 4. The Morgan fingerprint density at radius 2 is 2.00 bits per heavy atom. The van der Waals surface area contributed by atoms with Crippen molar-refractivity contribution < 1.29 is 0 Å². The van der Waals surface area contributed by atoms with Gasteiger partial charge < -0.3 is 10.6 Å². The molecule has 0 saturated heterocycles. The highest BCUT2D eigenvalue weighted by atomic mass is 15.1. The van der Waals surface area contributed by atoms with Crippen molar-refractivity contribution in [3.8, 4) is 0 Å². The third-order valence-corrected chi connectivity index (χ3v) is 1.63. The minimum absolute atomic E-state index is 0.668. The van der Waals surface area contributed by atoms with Crippen LogP contribution in [0.15, 0.2) is 21.4 Å². The average molecular weight is 182 g/mol. The van der Waals surface area contributed by atoms with E-state index < -0.39 is 0 Å². The average Bonchev–Trinajstić information content (AvgIpc) is 2.03. The van der Waals surface area contributed by atoms with Gasteiger partial charge in [-0.1, -0.05) is 0 Å². The first kappa shape index (κ1) is 11.8. The van der Waals surface area contributed by atoms with Crippen LogP contribution < -0.4 is 5.73 Å². The molecule has 0 atom stereocenters. The van der Waals surface area contributed by atoms with Crippen LogP contribution in [0.5, 0.6) is 0 Å². The second-order valence-electron chi connectivity index (χ2n) is 3.08. The van der Waals surface area contributed by atoms with Crippen LogP contribution in [0, 0.1) is 0 Å². The maximum absolute atomic E-state index is 5.83. The van der Waals surface area contributed by atoms with Gasteiger partial charge in [0.15, 0.2) is 0 Å². The summed E-state index contributed by atoms with van der Waals surface area (Å²) in [7, 11) is 5.61. The Hall–Kier alpha value is -1.16. The summed E-state index contributed by atoms with van der Waals surface area (Å²) in [5.74, 6) is 0. The number of likely N-dealkylation sites (N-methyl/N-ethyl adjacent to an activating group) is 1. The van der Waals surface area contributed by atoms with Crippen LogP contribution in [0.1, 0.15) is 6.92 Å². The number of allylic oxidation sites excluding steroid dienone is 1. The summed E-state index contributed by atoms with van der Waals surface area (Å²) in [4.78, 5) is 9.85. The van der Waals surface area contributed by atoms with Crippen molar-refractivity contribution in [2.45, 2.75) is 6.92 Å². The standard InChI is InChI=1S/C9H18N4/c1-7(11-2)9(12-3)8(10)6-13(4)5/h3,6,10H2,1-2,4-5H3/b9-8+,11-7?. The van der Waals surface area contributed by atoms with Crippen LogP contribution in [0.2, 0.25) is 0 Å². The molecule has 0 aliphatic heterocycles. The number of rotatable bonds is 4. The molecule has 0 radical (unpaired) electrons. The van der Waals surface area contributed by atoms with Gasteiger partial charge in [0.1, 0.15) is 5.70 Å². The quantitative estimate of drug-likeness (QED) is 0.644. The lowest BCUT2D eigenvalue weighted by molar-refractivity contribution is 0.442. The maximum atomic E-state index is 5.83. The molecule has 0 unspecified atom stereocenters. The lowest BCUT2D eigenvalue weighted by Gasteiger charge is -2.12. The van der Waals surface area contributed by atoms with Crippen LogP contribution >= 0.6 is 0 Å². The van der Waals surface area contributed by atoms with Gasteiger partial charge in [0.25, 0.3) is 0 Å². The first-order chi connectivity index (χ1) is 6.02. The van der Waals surface area contributed by atoms with E-state index in [-0.39, 0.29) is 0 Å². The van der Waals surface area contributed by atoms with Crippen molar-refractivity contribution in [2.75, 3.05) is 27.7 Å². The van der Waals surface area contributed by atoms with E-state index in [1.54, 1.807) is 7.05 Å². The zero-order chi connectivity index (χ0) is 10.4. The predicted molar refractivity (Wildman–Crippen MR) is 58.3 cm³/mol. The SMILES string of the molecule is C=N/C(C(C)=NC)=C(/N)CN(C)C. The molecule has 0 fully saturated rings. The van der Waals surface area contributed by atoms with E-state index in [0.717, 1.165) is 5.71 Å². The van der Waals surface area contributed by atoms with Crippen molar-refractivity contribution >= 4 is 12.4 Å². The Bertz CT molecular complexity index is 238. The van der Waals surface area contributed by atoms with Crippen molar-refractivity contribution in [3.63, 3.8) is 0 Å². The van der Waals surface area contributed by atoms with E-state index in [9.17, 15) is 0 Å². The normalized spacial score (nSPS) is 14.4. The molecule has 13 heavy (non-hydrogen) atoms. The molecule has 74 valence electrons. The number of hydrogen-bond donors (Lipinski definition) is 1. The largest absolute Gasteiger partial charge is 0.399 e. The number of nitrogens with zero attached hydrogens (tertiary/aromatic N) is 3. The van der Waals surface area contributed by atoms with Gasteiger partial charge in [0.2, 0.25) is 0 Å². The maximum Gasteiger partial charge on any atom is 0.103 e. The highest BCUT2D eigenvalue weighted by Gasteiger charge is 2.05. The smallest absolute Gasteiger partial charge is 0.103 e. The topological polar surface area (TPSA) is 54.0 Å². The highest BCUT2D eigenvalue weighted by Crippen LogP contribution is 2.04. The van der Waals surface area contributed by atoms with E-state index >= 15 is 0 Å². The van der Waals surface area contributed by atoms with E-state index in [2.05, 4.69) is 16.7 Å². The summed E-state index contributed by atoms with van der Waals surface area (Å²) >= 11 is 0. The summed E-state index contributed by atoms with van der Waals surface area (Å²) in [6, 6.07) is 0. The summed E-state index contributed by atoms with van der Waals surface area (Å²) in [6.45, 7) is 6.01. The molecule has 0 aromatic heterocycles. The van der Waals surface area contributed by atoms with Crippen LogP contribution in [-0.4, -0.2) is 45.0 Å². The van der Waals surface area contributed by atoms with Crippen LogP contribution in [0.25, 0.3) is 0 Å². The zero-order valence-electron chi connectivity index (χ0n) is 8.83. The molecule has 0 aliphatic carbocycles.